The van der Waals surface area contributed by atoms with E-state index in [-0.39, 0.29) is 0 Å². The largest absolute Gasteiger partial charge is 0.424 e. The maximum Gasteiger partial charge on any atom is 0.295 e. The molecular weight excluding hydrogens is 342 g/mol. The second kappa shape index (κ2) is 6.51. The normalized spacial score (nSPS) is 14.8. The number of benzene rings is 1. The average molecular weight is 361 g/mol. The summed E-state index contributed by atoms with van der Waals surface area (Å²) >= 11 is 0. The van der Waals surface area contributed by atoms with Gasteiger partial charge in [0.1, 0.15) is 11.3 Å². The Kier molecular flexibility index (Phi) is 3.86. The number of nitrogens with zero attached hydrogens (tertiary/aromatic N) is 4. The Hall–Kier alpha value is -3.19. The van der Waals surface area contributed by atoms with Crippen LogP contribution in [0.4, 0.5) is 11.8 Å². The van der Waals surface area contributed by atoms with Gasteiger partial charge in [0, 0.05) is 31.9 Å². The molecule has 7 nitrogen and oxygen atoms in total. The summed E-state index contributed by atoms with van der Waals surface area (Å²) in [5.74, 6) is 0.968. The van der Waals surface area contributed by atoms with E-state index in [0.29, 0.717) is 6.01 Å². The third-order valence-corrected chi connectivity index (χ3v) is 4.79. The van der Waals surface area contributed by atoms with Crippen molar-refractivity contribution in [3.8, 4) is 11.1 Å². The van der Waals surface area contributed by atoms with Gasteiger partial charge in [-0.2, -0.15) is 4.98 Å². The van der Waals surface area contributed by atoms with Crippen molar-refractivity contribution in [1.29, 1.82) is 0 Å². The minimum absolute atomic E-state index is 0.510. The van der Waals surface area contributed by atoms with Crippen molar-refractivity contribution in [2.45, 2.75) is 0 Å². The molecule has 1 saturated heterocycles. The first-order valence-electron chi connectivity index (χ1n) is 8.98. The molecule has 1 N–H and O–H groups in total. The van der Waals surface area contributed by atoms with Gasteiger partial charge in [-0.15, -0.1) is 0 Å². The number of aromatic nitrogens is 3. The second-order valence-electron chi connectivity index (χ2n) is 6.48. The molecule has 1 aliphatic rings. The van der Waals surface area contributed by atoms with Crippen LogP contribution in [-0.4, -0.2) is 48.3 Å². The zero-order valence-electron chi connectivity index (χ0n) is 15.0. The van der Waals surface area contributed by atoms with E-state index in [0.717, 1.165) is 65.4 Å². The summed E-state index contributed by atoms with van der Waals surface area (Å²) in [4.78, 5) is 16.1. The van der Waals surface area contributed by atoms with Crippen LogP contribution >= 0.6 is 0 Å². The molecule has 0 unspecified atom stereocenters. The lowest BCUT2D eigenvalue weighted by Crippen LogP contribution is -2.36. The zero-order chi connectivity index (χ0) is 18.2. The van der Waals surface area contributed by atoms with Gasteiger partial charge >= 0.3 is 0 Å². The summed E-state index contributed by atoms with van der Waals surface area (Å²) in [7, 11) is 1.79. The van der Waals surface area contributed by atoms with Crippen molar-refractivity contribution >= 4 is 34.0 Å². The molecule has 7 heteroatoms. The van der Waals surface area contributed by atoms with E-state index in [2.05, 4.69) is 26.3 Å². The molecular formula is C20H19N5O2. The minimum atomic E-state index is 0.510. The fourth-order valence-electron chi connectivity index (χ4n) is 3.34. The van der Waals surface area contributed by atoms with Crippen molar-refractivity contribution < 1.29 is 9.15 Å². The molecule has 0 aliphatic carbocycles. The fourth-order valence-corrected chi connectivity index (χ4v) is 3.34. The number of anilines is 2. The predicted octanol–water partition coefficient (Wildman–Crippen LogP) is 3.32. The van der Waals surface area contributed by atoms with Crippen molar-refractivity contribution in [1.82, 2.24) is 15.0 Å². The van der Waals surface area contributed by atoms with Crippen molar-refractivity contribution in [3.05, 3.63) is 42.6 Å². The smallest absolute Gasteiger partial charge is 0.295 e. The molecule has 0 spiro atoms. The van der Waals surface area contributed by atoms with Crippen molar-refractivity contribution in [3.63, 3.8) is 0 Å². The van der Waals surface area contributed by atoms with Crippen LogP contribution in [0.25, 0.3) is 33.3 Å². The number of oxazole rings is 1. The molecule has 27 heavy (non-hydrogen) atoms. The Morgan fingerprint density at radius 3 is 2.63 bits per heavy atom. The number of pyridine rings is 2. The monoisotopic (exact) mass is 361 g/mol. The first kappa shape index (κ1) is 16.0. The molecule has 0 bridgehead atoms. The van der Waals surface area contributed by atoms with E-state index >= 15 is 0 Å². The number of morpholine rings is 1. The van der Waals surface area contributed by atoms with E-state index < -0.39 is 0 Å². The number of hydrogen-bond donors (Lipinski definition) is 1. The van der Waals surface area contributed by atoms with E-state index in [9.17, 15) is 0 Å². The second-order valence-corrected chi connectivity index (χ2v) is 6.48. The molecule has 4 aromatic rings. The lowest BCUT2D eigenvalue weighted by molar-refractivity contribution is 0.122. The minimum Gasteiger partial charge on any atom is -0.424 e. The van der Waals surface area contributed by atoms with E-state index in [1.807, 2.05) is 36.5 Å². The van der Waals surface area contributed by atoms with E-state index in [4.69, 9.17) is 14.1 Å². The topological polar surface area (TPSA) is 76.3 Å². The molecule has 4 heterocycles. The molecule has 136 valence electrons. The van der Waals surface area contributed by atoms with E-state index in [1.165, 1.54) is 0 Å². The average Bonchev–Trinajstić information content (AvgIpc) is 3.16. The van der Waals surface area contributed by atoms with Crippen LogP contribution in [0, 0.1) is 0 Å². The van der Waals surface area contributed by atoms with Crippen LogP contribution in [0.15, 0.2) is 47.0 Å². The summed E-state index contributed by atoms with van der Waals surface area (Å²) in [6.45, 7) is 3.21. The molecule has 0 amide bonds. The highest BCUT2D eigenvalue weighted by Crippen LogP contribution is 2.28. The SMILES string of the molecule is CNc1nc2cc(-c3cnc4ccc(N5CCOCC5)nc4c3)ccc2o1. The number of rotatable bonds is 3. The Balaban J connectivity index is 1.54. The van der Waals surface area contributed by atoms with Gasteiger partial charge in [-0.1, -0.05) is 6.07 Å². The third-order valence-electron chi connectivity index (χ3n) is 4.79. The highest BCUT2D eigenvalue weighted by molar-refractivity contribution is 5.85. The van der Waals surface area contributed by atoms with Crippen LogP contribution in [-0.2, 0) is 4.74 Å². The third kappa shape index (κ3) is 2.96. The molecule has 1 aliphatic heterocycles. The summed E-state index contributed by atoms with van der Waals surface area (Å²) in [5.41, 5.74) is 5.37. The van der Waals surface area contributed by atoms with Crippen molar-refractivity contribution in [2.24, 2.45) is 0 Å². The number of ether oxygens (including phenoxy) is 1. The Morgan fingerprint density at radius 1 is 0.926 bits per heavy atom. The Bertz CT molecular complexity index is 1120. The number of fused-ring (bicyclic) bond motifs is 2. The maximum atomic E-state index is 5.60. The van der Waals surface area contributed by atoms with Gasteiger partial charge in [-0.3, -0.25) is 4.98 Å². The highest BCUT2D eigenvalue weighted by Gasteiger charge is 2.13. The van der Waals surface area contributed by atoms with Crippen LogP contribution in [0.3, 0.4) is 0 Å². The molecule has 0 saturated carbocycles. The van der Waals surface area contributed by atoms with Gasteiger partial charge in [0.25, 0.3) is 6.01 Å². The standard InChI is InChI=1S/C20H19N5O2/c1-21-20-24-17-10-13(2-4-18(17)27-20)14-11-16-15(22-12-14)3-5-19(23-16)25-6-8-26-9-7-25/h2-5,10-12H,6-9H2,1H3,(H,21,24). The lowest BCUT2D eigenvalue weighted by atomic mass is 10.1. The molecule has 5 rings (SSSR count). The van der Waals surface area contributed by atoms with Gasteiger partial charge < -0.3 is 19.4 Å². The fraction of sp³-hybridized carbons (Fsp3) is 0.250. The molecule has 1 fully saturated rings. The maximum absolute atomic E-state index is 5.60. The molecule has 3 aromatic heterocycles. The summed E-state index contributed by atoms with van der Waals surface area (Å²) in [6.07, 6.45) is 1.87. The van der Waals surface area contributed by atoms with Gasteiger partial charge in [-0.05, 0) is 35.9 Å². The summed E-state index contributed by atoms with van der Waals surface area (Å²) in [6, 6.07) is 12.6. The van der Waals surface area contributed by atoms with Crippen LogP contribution < -0.4 is 10.2 Å². The van der Waals surface area contributed by atoms with Crippen LogP contribution in [0.1, 0.15) is 0 Å². The van der Waals surface area contributed by atoms with Crippen LogP contribution in [0.2, 0.25) is 0 Å². The lowest BCUT2D eigenvalue weighted by Gasteiger charge is -2.27. The molecule has 0 atom stereocenters. The quantitative estimate of drug-likeness (QED) is 0.600. The summed E-state index contributed by atoms with van der Waals surface area (Å²) in [5, 5.41) is 2.92. The van der Waals surface area contributed by atoms with Gasteiger partial charge in [0.15, 0.2) is 5.58 Å². The van der Waals surface area contributed by atoms with Crippen molar-refractivity contribution in [2.75, 3.05) is 43.6 Å². The number of hydrogen-bond acceptors (Lipinski definition) is 7. The number of nitrogens with one attached hydrogen (secondary N) is 1. The molecule has 1 aromatic carbocycles. The van der Waals surface area contributed by atoms with Gasteiger partial charge in [-0.25, -0.2) is 4.98 Å². The van der Waals surface area contributed by atoms with E-state index in [1.54, 1.807) is 7.05 Å². The first-order chi connectivity index (χ1) is 13.3. The predicted molar refractivity (Wildman–Crippen MR) is 105 cm³/mol. The molecule has 0 radical (unpaired) electrons. The summed E-state index contributed by atoms with van der Waals surface area (Å²) < 4.78 is 11.0. The Morgan fingerprint density at radius 2 is 1.78 bits per heavy atom. The van der Waals surface area contributed by atoms with Gasteiger partial charge in [0.05, 0.1) is 24.2 Å². The highest BCUT2D eigenvalue weighted by atomic mass is 16.5. The zero-order valence-corrected chi connectivity index (χ0v) is 15.0. The van der Waals surface area contributed by atoms with Gasteiger partial charge in [0.2, 0.25) is 0 Å². The van der Waals surface area contributed by atoms with Crippen LogP contribution in [0.5, 0.6) is 0 Å². The first-order valence-corrected chi connectivity index (χ1v) is 8.98. The Labute approximate surface area is 156 Å².